The van der Waals surface area contributed by atoms with Crippen molar-refractivity contribution in [3.8, 4) is 0 Å². The number of aryl methyl sites for hydroxylation is 1. The Balaban J connectivity index is 1.90. The topological polar surface area (TPSA) is 51.2 Å². The van der Waals surface area contributed by atoms with E-state index in [-0.39, 0.29) is 0 Å². The van der Waals surface area contributed by atoms with Crippen molar-refractivity contribution in [1.29, 1.82) is 0 Å². The van der Waals surface area contributed by atoms with E-state index < -0.39 is 0 Å². The zero-order chi connectivity index (χ0) is 16.6. The Hall–Kier alpha value is -2.02. The van der Waals surface area contributed by atoms with Crippen LogP contribution in [0.5, 0.6) is 0 Å². The summed E-state index contributed by atoms with van der Waals surface area (Å²) in [4.78, 5) is 6.61. The van der Waals surface area contributed by atoms with Crippen molar-refractivity contribution in [3.05, 3.63) is 35.8 Å². The number of imidazole rings is 1. The molecule has 0 fully saturated rings. The van der Waals surface area contributed by atoms with Gasteiger partial charge in [-0.25, -0.2) is 4.98 Å². The van der Waals surface area contributed by atoms with E-state index >= 15 is 0 Å². The zero-order valence-electron chi connectivity index (χ0n) is 14.2. The van der Waals surface area contributed by atoms with Gasteiger partial charge in [-0.15, -0.1) is 10.2 Å². The van der Waals surface area contributed by atoms with Crippen molar-refractivity contribution < 1.29 is 0 Å². The van der Waals surface area contributed by atoms with E-state index in [1.807, 2.05) is 37.2 Å². The third kappa shape index (κ3) is 2.93. The molecule has 0 aliphatic carbocycles. The van der Waals surface area contributed by atoms with Gasteiger partial charge >= 0.3 is 0 Å². The Bertz CT molecular complexity index is 817. The lowest BCUT2D eigenvalue weighted by Crippen LogP contribution is -2.17. The second-order valence-corrected chi connectivity index (χ2v) is 6.94. The summed E-state index contributed by atoms with van der Waals surface area (Å²) in [5, 5.41) is 9.63. The van der Waals surface area contributed by atoms with Crippen LogP contribution in [0.3, 0.4) is 0 Å². The van der Waals surface area contributed by atoms with Gasteiger partial charge in [-0.3, -0.25) is 4.57 Å². The number of thioether (sulfide) groups is 1. The fraction of sp³-hybridized carbons (Fsp3) is 0.438. The smallest absolute Gasteiger partial charge is 0.227 e. The minimum absolute atomic E-state index is 0.313. The van der Waals surface area contributed by atoms with Crippen molar-refractivity contribution in [2.45, 2.75) is 37.7 Å². The van der Waals surface area contributed by atoms with Gasteiger partial charge in [-0.2, -0.15) is 0 Å². The van der Waals surface area contributed by atoms with Gasteiger partial charge in [0.25, 0.3) is 0 Å². The summed E-state index contributed by atoms with van der Waals surface area (Å²) in [5.74, 6) is 1.70. The Morgan fingerprint density at radius 3 is 2.70 bits per heavy atom. The highest BCUT2D eigenvalue weighted by Gasteiger charge is 2.18. The zero-order valence-corrected chi connectivity index (χ0v) is 15.0. The standard InChI is InChI=1S/C16H22N6S/c1-11(2)22-15(20(4)5)18-19-16(22)23-10-13-12(3)17-14-8-6-7-9-21(13)14/h6-9,11H,10H2,1-5H3. The largest absolute Gasteiger partial charge is 0.347 e. The van der Waals surface area contributed by atoms with Gasteiger partial charge < -0.3 is 9.30 Å². The highest BCUT2D eigenvalue weighted by Crippen LogP contribution is 2.28. The number of hydrogen-bond acceptors (Lipinski definition) is 5. The second-order valence-electron chi connectivity index (χ2n) is 6.00. The first-order valence-corrected chi connectivity index (χ1v) is 8.65. The molecule has 0 aromatic carbocycles. The maximum atomic E-state index is 4.61. The first-order chi connectivity index (χ1) is 11.0. The lowest BCUT2D eigenvalue weighted by Gasteiger charge is -2.17. The molecule has 122 valence electrons. The molecule has 0 saturated carbocycles. The van der Waals surface area contributed by atoms with E-state index in [0.717, 1.165) is 28.2 Å². The number of aromatic nitrogens is 5. The van der Waals surface area contributed by atoms with Crippen LogP contribution in [0.15, 0.2) is 29.6 Å². The summed E-state index contributed by atoms with van der Waals surface area (Å²) >= 11 is 1.70. The summed E-state index contributed by atoms with van der Waals surface area (Å²) in [5.41, 5.74) is 3.25. The average Bonchev–Trinajstić information content (AvgIpc) is 3.05. The Morgan fingerprint density at radius 1 is 1.22 bits per heavy atom. The van der Waals surface area contributed by atoms with E-state index in [1.54, 1.807) is 11.8 Å². The predicted octanol–water partition coefficient (Wildman–Crippen LogP) is 3.17. The van der Waals surface area contributed by atoms with Crippen molar-refractivity contribution in [2.24, 2.45) is 0 Å². The Morgan fingerprint density at radius 2 is 2.00 bits per heavy atom. The third-order valence-corrected chi connectivity index (χ3v) is 4.68. The maximum Gasteiger partial charge on any atom is 0.227 e. The van der Waals surface area contributed by atoms with E-state index in [2.05, 4.69) is 51.1 Å². The SMILES string of the molecule is Cc1nc2ccccn2c1CSc1nnc(N(C)C)n1C(C)C. The normalized spacial score (nSPS) is 11.6. The fourth-order valence-corrected chi connectivity index (χ4v) is 3.74. The fourth-order valence-electron chi connectivity index (χ4n) is 2.60. The van der Waals surface area contributed by atoms with Gasteiger partial charge in [-0.05, 0) is 32.9 Å². The summed E-state index contributed by atoms with van der Waals surface area (Å²) in [6.07, 6.45) is 2.06. The third-order valence-electron chi connectivity index (χ3n) is 3.73. The molecule has 3 heterocycles. The molecule has 0 saturated heterocycles. The van der Waals surface area contributed by atoms with Crippen LogP contribution >= 0.6 is 11.8 Å². The van der Waals surface area contributed by atoms with Crippen LogP contribution in [0.25, 0.3) is 5.65 Å². The summed E-state index contributed by atoms with van der Waals surface area (Å²) < 4.78 is 4.31. The van der Waals surface area contributed by atoms with Crippen LogP contribution in [0.4, 0.5) is 5.95 Å². The second kappa shape index (κ2) is 6.23. The first-order valence-electron chi connectivity index (χ1n) is 7.66. The number of pyridine rings is 1. The number of anilines is 1. The molecule has 3 aromatic rings. The minimum Gasteiger partial charge on any atom is -0.347 e. The van der Waals surface area contributed by atoms with Crippen LogP contribution in [-0.2, 0) is 5.75 Å². The molecule has 0 spiro atoms. The van der Waals surface area contributed by atoms with Gasteiger partial charge in [0.15, 0.2) is 5.16 Å². The van der Waals surface area contributed by atoms with Crippen molar-refractivity contribution >= 4 is 23.4 Å². The molecule has 0 atom stereocenters. The van der Waals surface area contributed by atoms with Crippen LogP contribution in [0, 0.1) is 6.92 Å². The maximum absolute atomic E-state index is 4.61. The van der Waals surface area contributed by atoms with E-state index in [1.165, 1.54) is 5.69 Å². The molecule has 0 aliphatic heterocycles. The summed E-state index contributed by atoms with van der Waals surface area (Å²) in [7, 11) is 3.98. The lowest BCUT2D eigenvalue weighted by molar-refractivity contribution is 0.549. The molecular weight excluding hydrogens is 308 g/mol. The molecular formula is C16H22N6S. The molecule has 0 unspecified atom stereocenters. The average molecular weight is 330 g/mol. The van der Waals surface area contributed by atoms with Crippen LogP contribution < -0.4 is 4.90 Å². The molecule has 0 amide bonds. The molecule has 0 radical (unpaired) electrons. The van der Waals surface area contributed by atoms with Crippen molar-refractivity contribution in [3.63, 3.8) is 0 Å². The predicted molar refractivity (Wildman–Crippen MR) is 94.2 cm³/mol. The summed E-state index contributed by atoms with van der Waals surface area (Å²) in [6.45, 7) is 6.36. The number of hydrogen-bond donors (Lipinski definition) is 0. The quantitative estimate of drug-likeness (QED) is 0.673. The summed E-state index contributed by atoms with van der Waals surface area (Å²) in [6, 6.07) is 6.38. The number of fused-ring (bicyclic) bond motifs is 1. The molecule has 6 nitrogen and oxygen atoms in total. The number of nitrogens with zero attached hydrogens (tertiary/aromatic N) is 6. The highest BCUT2D eigenvalue weighted by atomic mass is 32.2. The number of rotatable bonds is 5. The van der Waals surface area contributed by atoms with E-state index in [9.17, 15) is 0 Å². The minimum atomic E-state index is 0.313. The van der Waals surface area contributed by atoms with Crippen LogP contribution in [-0.4, -0.2) is 38.2 Å². The Labute approximate surface area is 140 Å². The van der Waals surface area contributed by atoms with E-state index in [4.69, 9.17) is 0 Å². The van der Waals surface area contributed by atoms with Gasteiger partial charge in [0.2, 0.25) is 5.95 Å². The van der Waals surface area contributed by atoms with Gasteiger partial charge in [0.05, 0.1) is 11.4 Å². The van der Waals surface area contributed by atoms with Crippen LogP contribution in [0.1, 0.15) is 31.3 Å². The Kier molecular flexibility index (Phi) is 4.30. The van der Waals surface area contributed by atoms with Crippen LogP contribution in [0.2, 0.25) is 0 Å². The van der Waals surface area contributed by atoms with Crippen molar-refractivity contribution in [2.75, 3.05) is 19.0 Å². The van der Waals surface area contributed by atoms with E-state index in [0.29, 0.717) is 6.04 Å². The first kappa shape index (κ1) is 15.9. The molecule has 0 aliphatic rings. The molecule has 0 N–H and O–H groups in total. The molecule has 7 heteroatoms. The van der Waals surface area contributed by atoms with Gasteiger partial charge in [0.1, 0.15) is 5.65 Å². The lowest BCUT2D eigenvalue weighted by atomic mass is 10.4. The molecule has 23 heavy (non-hydrogen) atoms. The van der Waals surface area contributed by atoms with Crippen molar-refractivity contribution in [1.82, 2.24) is 24.1 Å². The molecule has 0 bridgehead atoms. The highest BCUT2D eigenvalue weighted by molar-refractivity contribution is 7.98. The monoisotopic (exact) mass is 330 g/mol. The molecule has 3 aromatic heterocycles. The van der Waals surface area contributed by atoms with Gasteiger partial charge in [-0.1, -0.05) is 17.8 Å². The van der Waals surface area contributed by atoms with Gasteiger partial charge in [0, 0.05) is 32.1 Å². The molecule has 3 rings (SSSR count).